The molecule has 2 heterocycles. The molecule has 2 aromatic heterocycles. The Morgan fingerprint density at radius 3 is 2.58 bits per heavy atom. The molecule has 4 rings (SSSR count). The van der Waals surface area contributed by atoms with Crippen molar-refractivity contribution >= 4 is 34.1 Å². The van der Waals surface area contributed by atoms with Crippen LogP contribution in [0.5, 0.6) is 5.75 Å². The van der Waals surface area contributed by atoms with Crippen molar-refractivity contribution in [2.24, 2.45) is 0 Å². The van der Waals surface area contributed by atoms with Gasteiger partial charge in [0.1, 0.15) is 10.8 Å². The third-order valence-corrected chi connectivity index (χ3v) is 6.48. The molecule has 0 unspecified atom stereocenters. The van der Waals surface area contributed by atoms with Crippen LogP contribution in [0.1, 0.15) is 6.42 Å². The van der Waals surface area contributed by atoms with E-state index in [2.05, 4.69) is 25.7 Å². The smallest absolute Gasteiger partial charge is 0.236 e. The van der Waals surface area contributed by atoms with Gasteiger partial charge in [0.25, 0.3) is 0 Å². The number of rotatable bonds is 10. The van der Waals surface area contributed by atoms with Gasteiger partial charge in [-0.3, -0.25) is 10.1 Å². The van der Waals surface area contributed by atoms with Crippen molar-refractivity contribution in [3.05, 3.63) is 54.6 Å². The first-order valence-electron chi connectivity index (χ1n) is 10.2. The summed E-state index contributed by atoms with van der Waals surface area (Å²) in [6, 6.07) is 17.2. The number of aliphatic hydroxyl groups excluding tert-OH is 1. The number of ether oxygens (including phenoxy) is 1. The number of anilines is 1. The van der Waals surface area contributed by atoms with Crippen LogP contribution in [0.3, 0.4) is 0 Å². The molecule has 0 fully saturated rings. The van der Waals surface area contributed by atoms with Crippen molar-refractivity contribution < 1.29 is 14.6 Å². The molecule has 0 aliphatic heterocycles. The highest BCUT2D eigenvalue weighted by Crippen LogP contribution is 2.28. The zero-order chi connectivity index (χ0) is 23.0. The predicted octanol–water partition coefficient (Wildman–Crippen LogP) is 3.59. The van der Waals surface area contributed by atoms with E-state index in [0.29, 0.717) is 34.1 Å². The molecular formula is C22H22N6O3S2. The molecule has 4 aromatic rings. The van der Waals surface area contributed by atoms with Gasteiger partial charge in [0.15, 0.2) is 11.0 Å². The first-order chi connectivity index (χ1) is 16.2. The Kier molecular flexibility index (Phi) is 7.66. The van der Waals surface area contributed by atoms with E-state index < -0.39 is 0 Å². The highest BCUT2D eigenvalue weighted by atomic mass is 32.2. The Morgan fingerprint density at radius 2 is 1.85 bits per heavy atom. The van der Waals surface area contributed by atoms with E-state index in [1.807, 2.05) is 59.2 Å². The maximum absolute atomic E-state index is 12.5. The first-order valence-corrected chi connectivity index (χ1v) is 12.0. The number of nitrogens with one attached hydrogen (secondary N) is 1. The van der Waals surface area contributed by atoms with Gasteiger partial charge in [-0.25, -0.2) is 0 Å². The molecule has 1 amide bonds. The lowest BCUT2D eigenvalue weighted by molar-refractivity contribution is -0.113. The molecule has 0 saturated carbocycles. The fraction of sp³-hybridized carbons (Fsp3) is 0.227. The Balaban J connectivity index is 1.40. The number of thioether (sulfide) groups is 1. The lowest BCUT2D eigenvalue weighted by Crippen LogP contribution is -2.14. The van der Waals surface area contributed by atoms with Crippen LogP contribution in [0.15, 0.2) is 59.8 Å². The topological polar surface area (TPSA) is 115 Å². The zero-order valence-corrected chi connectivity index (χ0v) is 19.5. The number of methoxy groups -OCH3 is 1. The van der Waals surface area contributed by atoms with Gasteiger partial charge in [-0.15, -0.1) is 20.4 Å². The molecule has 2 aromatic carbocycles. The number of aromatic nitrogens is 5. The predicted molar refractivity (Wildman–Crippen MR) is 128 cm³/mol. The van der Waals surface area contributed by atoms with Crippen LogP contribution < -0.4 is 10.1 Å². The summed E-state index contributed by atoms with van der Waals surface area (Å²) >= 11 is 2.59. The van der Waals surface area contributed by atoms with Crippen LogP contribution >= 0.6 is 23.1 Å². The second kappa shape index (κ2) is 11.0. The van der Waals surface area contributed by atoms with Crippen molar-refractivity contribution in [3.63, 3.8) is 0 Å². The van der Waals surface area contributed by atoms with Gasteiger partial charge in [-0.2, -0.15) is 0 Å². The molecule has 0 aliphatic carbocycles. The summed E-state index contributed by atoms with van der Waals surface area (Å²) in [5, 5.41) is 30.6. The summed E-state index contributed by atoms with van der Waals surface area (Å²) in [6.45, 7) is 0.615. The van der Waals surface area contributed by atoms with Crippen LogP contribution in [0, 0.1) is 0 Å². The molecule has 33 heavy (non-hydrogen) atoms. The minimum absolute atomic E-state index is 0.0601. The molecule has 2 N–H and O–H groups in total. The first kappa shape index (κ1) is 22.9. The Hall–Kier alpha value is -3.28. The minimum atomic E-state index is -0.213. The standard InChI is InChI=1S/C22H22N6O3S2/c1-31-17-10-8-16(9-11-17)20-25-26-21(33-20)23-18(30)14-32-22-27-24-19(28(22)12-5-13-29)15-6-3-2-4-7-15/h2-4,6-11,29H,5,12-14H2,1H3,(H,23,26,30). The van der Waals surface area contributed by atoms with Gasteiger partial charge in [-0.1, -0.05) is 53.4 Å². The average Bonchev–Trinajstić information content (AvgIpc) is 3.49. The molecule has 0 saturated heterocycles. The number of hydrogen-bond acceptors (Lipinski definition) is 9. The molecule has 9 nitrogen and oxygen atoms in total. The molecular weight excluding hydrogens is 460 g/mol. The van der Waals surface area contributed by atoms with Gasteiger partial charge < -0.3 is 14.4 Å². The van der Waals surface area contributed by atoms with Gasteiger partial charge >= 0.3 is 0 Å². The summed E-state index contributed by atoms with van der Waals surface area (Å²) in [5.74, 6) is 1.40. The summed E-state index contributed by atoms with van der Waals surface area (Å²) in [5.41, 5.74) is 1.83. The summed E-state index contributed by atoms with van der Waals surface area (Å²) in [6.07, 6.45) is 0.566. The second-order valence-corrected chi connectivity index (χ2v) is 8.80. The second-order valence-electron chi connectivity index (χ2n) is 6.88. The molecule has 11 heteroatoms. The van der Waals surface area contributed by atoms with E-state index in [0.717, 1.165) is 16.9 Å². The Labute approximate surface area is 198 Å². The fourth-order valence-electron chi connectivity index (χ4n) is 3.04. The largest absolute Gasteiger partial charge is 0.497 e. The highest BCUT2D eigenvalue weighted by Gasteiger charge is 2.16. The molecule has 0 bridgehead atoms. The number of aliphatic hydroxyl groups is 1. The number of nitrogens with zero attached hydrogens (tertiary/aromatic N) is 5. The van der Waals surface area contributed by atoms with Crippen LogP contribution in [-0.2, 0) is 11.3 Å². The quantitative estimate of drug-likeness (QED) is 0.330. The lowest BCUT2D eigenvalue weighted by Gasteiger charge is -2.09. The van der Waals surface area contributed by atoms with E-state index in [9.17, 15) is 9.90 Å². The Bertz CT molecular complexity index is 1190. The summed E-state index contributed by atoms with van der Waals surface area (Å²) in [4.78, 5) is 12.5. The van der Waals surface area contributed by atoms with Crippen LogP contribution in [0.4, 0.5) is 5.13 Å². The summed E-state index contributed by atoms with van der Waals surface area (Å²) < 4.78 is 7.09. The maximum atomic E-state index is 12.5. The monoisotopic (exact) mass is 482 g/mol. The van der Waals surface area contributed by atoms with Crippen molar-refractivity contribution in [2.45, 2.75) is 18.1 Å². The van der Waals surface area contributed by atoms with Crippen molar-refractivity contribution in [3.8, 4) is 27.7 Å². The SMILES string of the molecule is COc1ccc(-c2nnc(NC(=O)CSc3nnc(-c4ccccc4)n3CCCO)s2)cc1. The van der Waals surface area contributed by atoms with Gasteiger partial charge in [0.2, 0.25) is 11.0 Å². The third kappa shape index (κ3) is 5.75. The normalized spacial score (nSPS) is 10.8. The van der Waals surface area contributed by atoms with Crippen LogP contribution in [0.2, 0.25) is 0 Å². The molecule has 0 radical (unpaired) electrons. The van der Waals surface area contributed by atoms with E-state index in [1.165, 1.54) is 23.1 Å². The van der Waals surface area contributed by atoms with Crippen molar-refractivity contribution in [2.75, 3.05) is 24.8 Å². The fourth-order valence-corrected chi connectivity index (χ4v) is 4.57. The number of benzene rings is 2. The number of carbonyl (C=O) groups excluding carboxylic acids is 1. The number of carbonyl (C=O) groups is 1. The van der Waals surface area contributed by atoms with Crippen molar-refractivity contribution in [1.82, 2.24) is 25.0 Å². The van der Waals surface area contributed by atoms with Crippen molar-refractivity contribution in [1.29, 1.82) is 0 Å². The van der Waals surface area contributed by atoms with Crippen LogP contribution in [0.25, 0.3) is 22.0 Å². The lowest BCUT2D eigenvalue weighted by atomic mass is 10.2. The van der Waals surface area contributed by atoms with E-state index >= 15 is 0 Å². The zero-order valence-electron chi connectivity index (χ0n) is 17.8. The van der Waals surface area contributed by atoms with Gasteiger partial charge in [0, 0.05) is 24.3 Å². The van der Waals surface area contributed by atoms with Gasteiger partial charge in [0.05, 0.1) is 12.9 Å². The maximum Gasteiger partial charge on any atom is 0.236 e. The average molecular weight is 483 g/mol. The number of hydrogen-bond donors (Lipinski definition) is 2. The minimum Gasteiger partial charge on any atom is -0.497 e. The van der Waals surface area contributed by atoms with E-state index in [-0.39, 0.29) is 18.3 Å². The molecule has 0 atom stereocenters. The van der Waals surface area contributed by atoms with Gasteiger partial charge in [-0.05, 0) is 30.7 Å². The van der Waals surface area contributed by atoms with Crippen LogP contribution in [-0.4, -0.2) is 55.4 Å². The third-order valence-electron chi connectivity index (χ3n) is 4.63. The number of amides is 1. The summed E-state index contributed by atoms with van der Waals surface area (Å²) in [7, 11) is 1.61. The Morgan fingerprint density at radius 1 is 1.06 bits per heavy atom. The highest BCUT2D eigenvalue weighted by molar-refractivity contribution is 7.99. The molecule has 0 aliphatic rings. The van der Waals surface area contributed by atoms with E-state index in [1.54, 1.807) is 7.11 Å². The molecule has 170 valence electrons. The van der Waals surface area contributed by atoms with E-state index in [4.69, 9.17) is 4.74 Å². The molecule has 0 spiro atoms.